The van der Waals surface area contributed by atoms with E-state index in [-0.39, 0.29) is 10.9 Å². The predicted molar refractivity (Wildman–Crippen MR) is 57.5 cm³/mol. The van der Waals surface area contributed by atoms with Gasteiger partial charge in [-0.05, 0) is 0 Å². The maximum atomic E-state index is 13.5. The molecule has 0 aliphatic rings. The van der Waals surface area contributed by atoms with Crippen LogP contribution in [0.3, 0.4) is 0 Å². The van der Waals surface area contributed by atoms with Crippen molar-refractivity contribution < 1.29 is 14.3 Å². The summed E-state index contributed by atoms with van der Waals surface area (Å²) in [5.74, 6) is -2.84. The first-order valence-electron chi connectivity index (χ1n) is 4.32. The molecule has 0 atom stereocenters. The van der Waals surface area contributed by atoms with Gasteiger partial charge in [0.15, 0.2) is 11.0 Å². The van der Waals surface area contributed by atoms with Crippen molar-refractivity contribution in [2.45, 2.75) is 0 Å². The molecule has 1 amide bonds. The zero-order valence-corrected chi connectivity index (χ0v) is 8.88. The van der Waals surface area contributed by atoms with E-state index in [1.54, 1.807) is 0 Å². The summed E-state index contributed by atoms with van der Waals surface area (Å²) in [4.78, 5) is 27.9. The van der Waals surface area contributed by atoms with Crippen molar-refractivity contribution in [2.24, 2.45) is 5.73 Å². The Bertz CT molecular complexity index is 698. The van der Waals surface area contributed by atoms with E-state index in [9.17, 15) is 19.1 Å². The van der Waals surface area contributed by atoms with E-state index in [1.165, 1.54) is 0 Å². The number of hydrogen-bond acceptors (Lipinski definition) is 4. The minimum atomic E-state index is -1.12. The average molecular weight is 258 g/mol. The second-order valence-electron chi connectivity index (χ2n) is 3.19. The zero-order valence-electron chi connectivity index (χ0n) is 8.12. The molecule has 0 saturated carbocycles. The van der Waals surface area contributed by atoms with Crippen LogP contribution < -0.4 is 11.3 Å². The van der Waals surface area contributed by atoms with Gasteiger partial charge in [0.2, 0.25) is 0 Å². The van der Waals surface area contributed by atoms with Crippen LogP contribution >= 0.6 is 11.6 Å². The first-order valence-corrected chi connectivity index (χ1v) is 4.70. The highest BCUT2D eigenvalue weighted by Crippen LogP contribution is 2.27. The summed E-state index contributed by atoms with van der Waals surface area (Å²) in [6.07, 6.45) is 1.03. The first kappa shape index (κ1) is 11.3. The Labute approximate surface area is 97.8 Å². The number of H-pyrrole nitrogens is 1. The minimum Gasteiger partial charge on any atom is -0.506 e. The van der Waals surface area contributed by atoms with E-state index in [1.807, 2.05) is 0 Å². The van der Waals surface area contributed by atoms with E-state index in [0.29, 0.717) is 0 Å². The number of fused-ring (bicyclic) bond motifs is 1. The van der Waals surface area contributed by atoms with E-state index in [2.05, 4.69) is 9.97 Å². The summed E-state index contributed by atoms with van der Waals surface area (Å²) in [5.41, 5.74) is 2.93. The Hall–Kier alpha value is -2.15. The van der Waals surface area contributed by atoms with Crippen molar-refractivity contribution in [3.05, 3.63) is 33.1 Å². The molecule has 0 fully saturated rings. The van der Waals surface area contributed by atoms with Crippen LogP contribution in [0.1, 0.15) is 10.4 Å². The summed E-state index contributed by atoms with van der Waals surface area (Å²) in [6, 6.07) is 0. The van der Waals surface area contributed by atoms with Crippen molar-refractivity contribution in [3.8, 4) is 5.75 Å². The number of nitrogens with one attached hydrogen (secondary N) is 1. The van der Waals surface area contributed by atoms with Gasteiger partial charge in [0, 0.05) is 6.20 Å². The van der Waals surface area contributed by atoms with Gasteiger partial charge < -0.3 is 15.8 Å². The van der Waals surface area contributed by atoms with Crippen LogP contribution in [0.5, 0.6) is 5.75 Å². The summed E-state index contributed by atoms with van der Waals surface area (Å²) in [5, 5.41) is 9.03. The number of nitrogens with zero attached hydrogens (tertiary/aromatic N) is 1. The molecular formula is C9H5ClFN3O3. The highest BCUT2D eigenvalue weighted by atomic mass is 35.5. The predicted octanol–water partition coefficient (Wildman–Crippen LogP) is 0.520. The number of pyridine rings is 2. The molecule has 6 nitrogen and oxygen atoms in total. The molecule has 0 aliphatic carbocycles. The molecule has 2 aromatic heterocycles. The van der Waals surface area contributed by atoms with Crippen molar-refractivity contribution in [2.75, 3.05) is 0 Å². The van der Waals surface area contributed by atoms with Crippen LogP contribution in [0, 0.1) is 5.82 Å². The van der Waals surface area contributed by atoms with Crippen LogP contribution in [0.15, 0.2) is 11.0 Å². The van der Waals surface area contributed by atoms with Gasteiger partial charge in [0.1, 0.15) is 11.3 Å². The normalized spacial score (nSPS) is 10.7. The number of nitrogens with two attached hydrogens (primary N) is 1. The number of carbonyl (C=O) groups is 1. The number of halogens is 2. The third-order valence-electron chi connectivity index (χ3n) is 2.18. The number of aromatic amines is 1. The fourth-order valence-corrected chi connectivity index (χ4v) is 1.56. The molecule has 2 aromatic rings. The molecule has 8 heteroatoms. The van der Waals surface area contributed by atoms with Crippen molar-refractivity contribution in [1.29, 1.82) is 0 Å². The molecule has 2 heterocycles. The largest absolute Gasteiger partial charge is 0.506 e. The smallest absolute Gasteiger partial charge is 0.265 e. The maximum absolute atomic E-state index is 13.5. The van der Waals surface area contributed by atoms with Crippen LogP contribution in [-0.2, 0) is 0 Å². The van der Waals surface area contributed by atoms with Crippen LogP contribution in [0.4, 0.5) is 4.39 Å². The molecule has 17 heavy (non-hydrogen) atoms. The molecule has 0 radical (unpaired) electrons. The van der Waals surface area contributed by atoms with Gasteiger partial charge in [-0.15, -0.1) is 0 Å². The Morgan fingerprint density at radius 2 is 2.24 bits per heavy atom. The Kier molecular flexibility index (Phi) is 2.47. The van der Waals surface area contributed by atoms with Crippen LogP contribution in [0.2, 0.25) is 5.15 Å². The third kappa shape index (κ3) is 1.60. The van der Waals surface area contributed by atoms with Crippen molar-refractivity contribution >= 4 is 28.4 Å². The summed E-state index contributed by atoms with van der Waals surface area (Å²) < 4.78 is 13.5. The second-order valence-corrected chi connectivity index (χ2v) is 3.55. The Balaban J connectivity index is 3.01. The van der Waals surface area contributed by atoms with Crippen molar-refractivity contribution in [3.63, 3.8) is 0 Å². The quantitative estimate of drug-likeness (QED) is 0.647. The van der Waals surface area contributed by atoms with E-state index >= 15 is 0 Å². The van der Waals surface area contributed by atoms with Gasteiger partial charge in [0.05, 0.1) is 10.9 Å². The van der Waals surface area contributed by atoms with Crippen molar-refractivity contribution in [1.82, 2.24) is 9.97 Å². The molecule has 0 bridgehead atoms. The monoisotopic (exact) mass is 257 g/mol. The molecule has 0 saturated heterocycles. The maximum Gasteiger partial charge on any atom is 0.265 e. The van der Waals surface area contributed by atoms with Gasteiger partial charge in [-0.1, -0.05) is 11.6 Å². The number of primary amides is 1. The number of hydrogen-bond donors (Lipinski definition) is 3. The fourth-order valence-electron chi connectivity index (χ4n) is 1.41. The van der Waals surface area contributed by atoms with Crippen LogP contribution in [0.25, 0.3) is 10.9 Å². The fraction of sp³-hybridized carbons (Fsp3) is 0. The molecule has 4 N–H and O–H groups in total. The lowest BCUT2D eigenvalue weighted by Gasteiger charge is -2.05. The van der Waals surface area contributed by atoms with Crippen LogP contribution in [-0.4, -0.2) is 21.0 Å². The molecule has 88 valence electrons. The van der Waals surface area contributed by atoms with Gasteiger partial charge >= 0.3 is 0 Å². The van der Waals surface area contributed by atoms with E-state index in [4.69, 9.17) is 17.3 Å². The van der Waals surface area contributed by atoms with E-state index in [0.717, 1.165) is 6.20 Å². The molecule has 0 aromatic carbocycles. The number of amides is 1. The lowest BCUT2D eigenvalue weighted by Crippen LogP contribution is -2.24. The molecule has 0 aliphatic heterocycles. The third-order valence-corrected chi connectivity index (χ3v) is 2.44. The first-order chi connectivity index (χ1) is 7.93. The number of aromatic hydroxyl groups is 1. The highest BCUT2D eigenvalue weighted by Gasteiger charge is 2.19. The second kappa shape index (κ2) is 3.70. The van der Waals surface area contributed by atoms with Gasteiger partial charge in [-0.2, -0.15) is 0 Å². The SMILES string of the molecule is NC(=O)c1c(O)c2cnc(Cl)c(F)c2[nH]c1=O. The van der Waals surface area contributed by atoms with Gasteiger partial charge in [-0.25, -0.2) is 9.37 Å². The Morgan fingerprint density at radius 3 is 2.82 bits per heavy atom. The minimum absolute atomic E-state index is 0.152. The molecular weight excluding hydrogens is 253 g/mol. The summed E-state index contributed by atoms with van der Waals surface area (Å²) in [7, 11) is 0. The summed E-state index contributed by atoms with van der Waals surface area (Å²) >= 11 is 5.41. The zero-order chi connectivity index (χ0) is 12.7. The number of carbonyl (C=O) groups excluding carboxylic acids is 1. The topological polar surface area (TPSA) is 109 Å². The highest BCUT2D eigenvalue weighted by molar-refractivity contribution is 6.30. The number of aromatic nitrogens is 2. The molecule has 0 spiro atoms. The van der Waals surface area contributed by atoms with Gasteiger partial charge in [0.25, 0.3) is 11.5 Å². The average Bonchev–Trinajstić information content (AvgIpc) is 2.23. The molecule has 0 unspecified atom stereocenters. The lowest BCUT2D eigenvalue weighted by atomic mass is 10.1. The standard InChI is InChI=1S/C9H5ClFN3O3/c10-7-4(11)5-2(1-13-7)6(15)3(8(12)16)9(17)14-5/h1H,(H2,12,16)(H2,14,15,17). The number of rotatable bonds is 1. The Morgan fingerprint density at radius 1 is 1.59 bits per heavy atom. The van der Waals surface area contributed by atoms with E-state index < -0.39 is 33.7 Å². The lowest BCUT2D eigenvalue weighted by molar-refractivity contribution is 0.0996. The summed E-state index contributed by atoms with van der Waals surface area (Å²) in [6.45, 7) is 0. The molecule has 2 rings (SSSR count). The van der Waals surface area contributed by atoms with Gasteiger partial charge in [-0.3, -0.25) is 9.59 Å².